The van der Waals surface area contributed by atoms with Gasteiger partial charge in [0.2, 0.25) is 11.8 Å². The number of amides is 2. The maximum Gasteiger partial charge on any atom is 0.237 e. The smallest absolute Gasteiger partial charge is 0.237 e. The molecule has 1 fully saturated rings. The van der Waals surface area contributed by atoms with Crippen LogP contribution in [-0.2, 0) is 9.59 Å². The van der Waals surface area contributed by atoms with E-state index in [9.17, 15) is 9.59 Å². The molecule has 5 nitrogen and oxygen atoms in total. The van der Waals surface area contributed by atoms with E-state index in [1.807, 2.05) is 11.8 Å². The van der Waals surface area contributed by atoms with Gasteiger partial charge in [0.1, 0.15) is 0 Å². The van der Waals surface area contributed by atoms with E-state index in [1.165, 1.54) is 0 Å². The molecule has 1 heterocycles. The lowest BCUT2D eigenvalue weighted by molar-refractivity contribution is -0.137. The van der Waals surface area contributed by atoms with Gasteiger partial charge in [0, 0.05) is 25.0 Å². The van der Waals surface area contributed by atoms with Crippen LogP contribution in [-0.4, -0.2) is 41.9 Å². The summed E-state index contributed by atoms with van der Waals surface area (Å²) in [5.74, 6) is 0.364. The number of carbonyl (C=O) groups excluding carboxylic acids is 2. The Kier molecular flexibility index (Phi) is 7.72. The molecule has 1 atom stereocenters. The molecule has 0 radical (unpaired) electrons. The molecule has 5 heteroatoms. The van der Waals surface area contributed by atoms with Gasteiger partial charge in [-0.15, -0.1) is 0 Å². The fraction of sp³-hybridized carbons (Fsp3) is 0.875. The summed E-state index contributed by atoms with van der Waals surface area (Å²) < 4.78 is 0. The van der Waals surface area contributed by atoms with E-state index in [-0.39, 0.29) is 23.8 Å². The van der Waals surface area contributed by atoms with E-state index in [0.29, 0.717) is 0 Å². The molecule has 0 spiro atoms. The minimum absolute atomic E-state index is 0.0541. The van der Waals surface area contributed by atoms with Gasteiger partial charge in [0.05, 0.1) is 6.04 Å². The fourth-order valence-corrected chi connectivity index (χ4v) is 2.89. The predicted octanol–water partition coefficient (Wildman–Crippen LogP) is 1.66. The van der Waals surface area contributed by atoms with Crippen molar-refractivity contribution in [2.45, 2.75) is 71.4 Å². The van der Waals surface area contributed by atoms with Gasteiger partial charge in [-0.1, -0.05) is 27.2 Å². The van der Waals surface area contributed by atoms with Crippen LogP contribution in [0.1, 0.15) is 59.3 Å². The van der Waals surface area contributed by atoms with Crippen LogP contribution < -0.4 is 11.1 Å². The highest BCUT2D eigenvalue weighted by Crippen LogP contribution is 2.17. The van der Waals surface area contributed by atoms with Crippen LogP contribution in [0.5, 0.6) is 0 Å². The summed E-state index contributed by atoms with van der Waals surface area (Å²) in [6, 6.07) is -0.245. The summed E-state index contributed by atoms with van der Waals surface area (Å²) >= 11 is 0. The Labute approximate surface area is 128 Å². The zero-order valence-corrected chi connectivity index (χ0v) is 13.7. The Hall–Kier alpha value is -1.10. The Morgan fingerprint density at radius 2 is 1.76 bits per heavy atom. The van der Waals surface area contributed by atoms with Gasteiger partial charge in [-0.2, -0.15) is 0 Å². The number of hydrogen-bond donors (Lipinski definition) is 2. The first-order chi connectivity index (χ1) is 10.0. The highest BCUT2D eigenvalue weighted by atomic mass is 16.2. The molecular formula is C16H31N3O2. The highest BCUT2D eigenvalue weighted by Gasteiger charge is 2.27. The maximum absolute atomic E-state index is 12.3. The van der Waals surface area contributed by atoms with Crippen molar-refractivity contribution < 1.29 is 9.59 Å². The largest absolute Gasteiger partial charge is 0.352 e. The average molecular weight is 297 g/mol. The molecule has 1 saturated heterocycles. The molecule has 0 aromatic rings. The Morgan fingerprint density at radius 3 is 2.24 bits per heavy atom. The number of carbonyl (C=O) groups is 2. The monoisotopic (exact) mass is 297 g/mol. The molecule has 0 aromatic carbocycles. The summed E-state index contributed by atoms with van der Waals surface area (Å²) in [7, 11) is 0. The Bertz CT molecular complexity index is 334. The number of nitrogens with two attached hydrogens (primary N) is 1. The summed E-state index contributed by atoms with van der Waals surface area (Å²) in [5.41, 5.74) is 5.82. The summed E-state index contributed by atoms with van der Waals surface area (Å²) in [4.78, 5) is 26.2. The first kappa shape index (κ1) is 18.0. The van der Waals surface area contributed by atoms with E-state index in [2.05, 4.69) is 19.2 Å². The minimum atomic E-state index is -0.403. The van der Waals surface area contributed by atoms with Crippen LogP contribution in [0.2, 0.25) is 0 Å². The minimum Gasteiger partial charge on any atom is -0.352 e. The van der Waals surface area contributed by atoms with Crippen LogP contribution >= 0.6 is 0 Å². The second kappa shape index (κ2) is 9.03. The lowest BCUT2D eigenvalue weighted by Gasteiger charge is -2.34. The zero-order chi connectivity index (χ0) is 15.8. The average Bonchev–Trinajstić information content (AvgIpc) is 2.49. The van der Waals surface area contributed by atoms with Gasteiger partial charge < -0.3 is 16.0 Å². The normalized spacial score (nSPS) is 17.9. The second-order valence-corrected chi connectivity index (χ2v) is 6.02. The van der Waals surface area contributed by atoms with Gasteiger partial charge in [-0.25, -0.2) is 0 Å². The zero-order valence-electron chi connectivity index (χ0n) is 13.7. The maximum atomic E-state index is 12.3. The SMILES string of the molecule is CCCC(N)C(=O)NC1CCN(C(=O)C(CC)CC)CC1. The quantitative estimate of drug-likeness (QED) is 0.750. The molecule has 2 amide bonds. The third kappa shape index (κ3) is 5.30. The first-order valence-corrected chi connectivity index (χ1v) is 8.38. The van der Waals surface area contributed by atoms with Gasteiger partial charge in [0.25, 0.3) is 0 Å². The molecule has 3 N–H and O–H groups in total. The summed E-state index contributed by atoms with van der Waals surface area (Å²) in [6.07, 6.45) is 5.09. The lowest BCUT2D eigenvalue weighted by atomic mass is 9.98. The van der Waals surface area contributed by atoms with Crippen molar-refractivity contribution in [1.82, 2.24) is 10.2 Å². The molecule has 1 unspecified atom stereocenters. The third-order valence-corrected chi connectivity index (χ3v) is 4.42. The molecule has 0 aromatic heterocycles. The van der Waals surface area contributed by atoms with Gasteiger partial charge in [-0.3, -0.25) is 9.59 Å². The highest BCUT2D eigenvalue weighted by molar-refractivity contribution is 5.82. The molecule has 0 aliphatic carbocycles. The van der Waals surface area contributed by atoms with E-state index < -0.39 is 6.04 Å². The van der Waals surface area contributed by atoms with E-state index in [0.717, 1.165) is 51.6 Å². The van der Waals surface area contributed by atoms with Crippen molar-refractivity contribution >= 4 is 11.8 Å². The fourth-order valence-electron chi connectivity index (χ4n) is 2.89. The van der Waals surface area contributed by atoms with Crippen molar-refractivity contribution in [2.24, 2.45) is 11.7 Å². The van der Waals surface area contributed by atoms with Crippen LogP contribution in [0, 0.1) is 5.92 Å². The Morgan fingerprint density at radius 1 is 1.19 bits per heavy atom. The predicted molar refractivity (Wildman–Crippen MR) is 84.7 cm³/mol. The molecule has 0 saturated carbocycles. The first-order valence-electron chi connectivity index (χ1n) is 8.38. The number of nitrogens with zero attached hydrogens (tertiary/aromatic N) is 1. The van der Waals surface area contributed by atoms with Crippen molar-refractivity contribution in [3.05, 3.63) is 0 Å². The molecule has 21 heavy (non-hydrogen) atoms. The molecule has 1 aliphatic rings. The summed E-state index contributed by atoms with van der Waals surface area (Å²) in [6.45, 7) is 7.63. The van der Waals surface area contributed by atoms with Crippen molar-refractivity contribution in [3.63, 3.8) is 0 Å². The summed E-state index contributed by atoms with van der Waals surface area (Å²) in [5, 5.41) is 3.02. The van der Waals surface area contributed by atoms with Gasteiger partial charge in [-0.05, 0) is 32.1 Å². The van der Waals surface area contributed by atoms with Gasteiger partial charge in [0.15, 0.2) is 0 Å². The lowest BCUT2D eigenvalue weighted by Crippen LogP contribution is -2.51. The van der Waals surface area contributed by atoms with Crippen LogP contribution in [0.4, 0.5) is 0 Å². The van der Waals surface area contributed by atoms with Crippen molar-refractivity contribution in [2.75, 3.05) is 13.1 Å². The Balaban J connectivity index is 2.38. The van der Waals surface area contributed by atoms with Crippen LogP contribution in [0.25, 0.3) is 0 Å². The molecule has 1 aliphatic heterocycles. The number of piperidine rings is 1. The van der Waals surface area contributed by atoms with Crippen molar-refractivity contribution in [1.29, 1.82) is 0 Å². The van der Waals surface area contributed by atoms with Crippen LogP contribution in [0.3, 0.4) is 0 Å². The number of nitrogens with one attached hydrogen (secondary N) is 1. The van der Waals surface area contributed by atoms with Crippen molar-refractivity contribution in [3.8, 4) is 0 Å². The van der Waals surface area contributed by atoms with Gasteiger partial charge >= 0.3 is 0 Å². The molecule has 0 bridgehead atoms. The standard InChI is InChI=1S/C16H31N3O2/c1-4-7-14(17)15(20)18-13-8-10-19(11-9-13)16(21)12(5-2)6-3/h12-14H,4-11,17H2,1-3H3,(H,18,20). The third-order valence-electron chi connectivity index (χ3n) is 4.42. The topological polar surface area (TPSA) is 75.4 Å². The van der Waals surface area contributed by atoms with E-state index in [1.54, 1.807) is 0 Å². The van der Waals surface area contributed by atoms with Crippen LogP contribution in [0.15, 0.2) is 0 Å². The number of likely N-dealkylation sites (tertiary alicyclic amines) is 1. The second-order valence-electron chi connectivity index (χ2n) is 6.02. The molecular weight excluding hydrogens is 266 g/mol. The number of rotatable bonds is 7. The van der Waals surface area contributed by atoms with E-state index in [4.69, 9.17) is 5.73 Å². The molecule has 122 valence electrons. The van der Waals surface area contributed by atoms with E-state index >= 15 is 0 Å². The molecule has 1 rings (SSSR count). The number of hydrogen-bond acceptors (Lipinski definition) is 3.